The van der Waals surface area contributed by atoms with Gasteiger partial charge >= 0.3 is 0 Å². The zero-order valence-corrected chi connectivity index (χ0v) is 19.3. The van der Waals surface area contributed by atoms with Gasteiger partial charge in [0.15, 0.2) is 0 Å². The van der Waals surface area contributed by atoms with E-state index in [0.29, 0.717) is 12.2 Å². The third-order valence-electron chi connectivity index (χ3n) is 4.25. The summed E-state index contributed by atoms with van der Waals surface area (Å²) >= 11 is 7.74. The van der Waals surface area contributed by atoms with E-state index in [1.165, 1.54) is 5.56 Å². The number of nitrogens with zero attached hydrogens (tertiary/aromatic N) is 1. The number of nitrogens with one attached hydrogen (secondary N) is 1. The predicted molar refractivity (Wildman–Crippen MR) is 123 cm³/mol. The van der Waals surface area contributed by atoms with Gasteiger partial charge in [-0.3, -0.25) is 9.10 Å². The maximum Gasteiger partial charge on any atom is 0.240 e. The van der Waals surface area contributed by atoms with Gasteiger partial charge in [0.05, 0.1) is 11.9 Å². The number of benzene rings is 2. The second kappa shape index (κ2) is 10.9. The van der Waals surface area contributed by atoms with Crippen LogP contribution in [-0.2, 0) is 20.6 Å². The van der Waals surface area contributed by atoms with Crippen LogP contribution in [0.25, 0.3) is 0 Å². The van der Waals surface area contributed by atoms with E-state index in [0.717, 1.165) is 44.6 Å². The summed E-state index contributed by atoms with van der Waals surface area (Å²) in [4.78, 5) is 12.3. The number of halogens is 1. The van der Waals surface area contributed by atoms with Gasteiger partial charge in [-0.15, -0.1) is 0 Å². The number of carbonyl (C=O) groups is 1. The Morgan fingerprint density at radius 1 is 1.17 bits per heavy atom. The van der Waals surface area contributed by atoms with Crippen molar-refractivity contribution in [3.8, 4) is 0 Å². The highest BCUT2D eigenvalue weighted by Crippen LogP contribution is 2.23. The van der Waals surface area contributed by atoms with E-state index >= 15 is 0 Å². The Kier molecular flexibility index (Phi) is 8.86. The number of hydrogen-bond acceptors (Lipinski definition) is 4. The monoisotopic (exact) mass is 454 g/mol. The van der Waals surface area contributed by atoms with Crippen LogP contribution >= 0.6 is 23.4 Å². The third kappa shape index (κ3) is 7.91. The summed E-state index contributed by atoms with van der Waals surface area (Å²) in [6, 6.07) is 13.3. The first kappa shape index (κ1) is 23.6. The molecule has 8 heteroatoms. The molecule has 0 unspecified atom stereocenters. The van der Waals surface area contributed by atoms with Gasteiger partial charge in [-0.05, 0) is 55.3 Å². The number of carbonyl (C=O) groups excluding carboxylic acids is 1. The van der Waals surface area contributed by atoms with E-state index in [9.17, 15) is 13.2 Å². The van der Waals surface area contributed by atoms with Crippen LogP contribution in [0.1, 0.15) is 23.1 Å². The maximum absolute atomic E-state index is 12.3. The van der Waals surface area contributed by atoms with Crippen LogP contribution in [0.5, 0.6) is 0 Å². The van der Waals surface area contributed by atoms with Crippen molar-refractivity contribution in [3.05, 3.63) is 64.2 Å². The normalized spacial score (nSPS) is 11.3. The van der Waals surface area contributed by atoms with Crippen molar-refractivity contribution in [3.63, 3.8) is 0 Å². The van der Waals surface area contributed by atoms with Crippen molar-refractivity contribution < 1.29 is 13.2 Å². The lowest BCUT2D eigenvalue weighted by Crippen LogP contribution is -2.41. The van der Waals surface area contributed by atoms with Gasteiger partial charge in [-0.2, -0.15) is 11.8 Å². The zero-order chi connectivity index (χ0) is 21.4. The predicted octanol–water partition coefficient (Wildman–Crippen LogP) is 4.16. The van der Waals surface area contributed by atoms with E-state index in [4.69, 9.17) is 11.6 Å². The number of aryl methyl sites for hydroxylation is 2. The first-order chi connectivity index (χ1) is 13.7. The summed E-state index contributed by atoms with van der Waals surface area (Å²) in [5, 5.41) is 3.55. The van der Waals surface area contributed by atoms with Gasteiger partial charge < -0.3 is 5.32 Å². The molecule has 0 aliphatic rings. The van der Waals surface area contributed by atoms with Crippen molar-refractivity contribution in [2.24, 2.45) is 0 Å². The first-order valence-corrected chi connectivity index (χ1v) is 12.7. The Hall–Kier alpha value is -1.70. The van der Waals surface area contributed by atoms with E-state index in [2.05, 4.69) is 5.32 Å². The lowest BCUT2D eigenvalue weighted by atomic mass is 10.1. The number of rotatable bonds is 10. The molecule has 2 aromatic rings. The fourth-order valence-electron chi connectivity index (χ4n) is 2.87. The highest BCUT2D eigenvalue weighted by atomic mass is 35.5. The van der Waals surface area contributed by atoms with Gasteiger partial charge in [0.2, 0.25) is 15.9 Å². The summed E-state index contributed by atoms with van der Waals surface area (Å²) < 4.78 is 25.6. The van der Waals surface area contributed by atoms with Crippen molar-refractivity contribution in [1.82, 2.24) is 5.32 Å². The van der Waals surface area contributed by atoms with Gasteiger partial charge in [-0.25, -0.2) is 8.42 Å². The first-order valence-electron chi connectivity index (χ1n) is 9.30. The topological polar surface area (TPSA) is 66.5 Å². The maximum atomic E-state index is 12.3. The van der Waals surface area contributed by atoms with Crippen molar-refractivity contribution in [1.29, 1.82) is 0 Å². The zero-order valence-electron chi connectivity index (χ0n) is 16.9. The molecule has 5 nitrogen and oxygen atoms in total. The molecule has 0 spiro atoms. The molecule has 0 heterocycles. The average Bonchev–Trinajstić information content (AvgIpc) is 2.62. The molecule has 1 amide bonds. The van der Waals surface area contributed by atoms with Gasteiger partial charge in [0, 0.05) is 17.3 Å². The molecule has 0 fully saturated rings. The van der Waals surface area contributed by atoms with Crippen molar-refractivity contribution in [2.45, 2.75) is 26.0 Å². The molecule has 0 aromatic heterocycles. The summed E-state index contributed by atoms with van der Waals surface area (Å²) in [6.45, 7) is 4.07. The molecule has 0 saturated heterocycles. The summed E-state index contributed by atoms with van der Waals surface area (Å²) in [6.07, 6.45) is 1.92. The summed E-state index contributed by atoms with van der Waals surface area (Å²) in [7, 11) is -3.56. The quantitative estimate of drug-likeness (QED) is 0.547. The Morgan fingerprint density at radius 3 is 2.59 bits per heavy atom. The molecule has 0 radical (unpaired) electrons. The van der Waals surface area contributed by atoms with E-state index in [1.54, 1.807) is 17.8 Å². The van der Waals surface area contributed by atoms with Crippen LogP contribution in [0.3, 0.4) is 0 Å². The molecule has 158 valence electrons. The number of sulfonamides is 1. The fraction of sp³-hybridized carbons (Fsp3) is 0.381. The standard InChI is InChI=1S/C21H27ClN2O3S2/c1-16-8-9-20(17(2)12-16)24(29(3,26)27)14-21(25)23-10-5-11-28-15-18-6-4-7-19(22)13-18/h4,6-9,12-13H,5,10-11,14-15H2,1-3H3,(H,23,25). The molecule has 0 bridgehead atoms. The van der Waals surface area contributed by atoms with Gasteiger partial charge in [0.1, 0.15) is 6.54 Å². The minimum atomic E-state index is -3.56. The van der Waals surface area contributed by atoms with Crippen LogP contribution in [0.15, 0.2) is 42.5 Å². The second-order valence-electron chi connectivity index (χ2n) is 6.95. The second-order valence-corrected chi connectivity index (χ2v) is 10.4. The Balaban J connectivity index is 1.80. The molecule has 0 saturated carbocycles. The van der Waals surface area contributed by atoms with E-state index in [-0.39, 0.29) is 12.5 Å². The molecule has 0 aliphatic carbocycles. The lowest BCUT2D eigenvalue weighted by Gasteiger charge is -2.24. The Morgan fingerprint density at radius 2 is 1.93 bits per heavy atom. The molecule has 1 N–H and O–H groups in total. The van der Waals surface area contributed by atoms with E-state index < -0.39 is 10.0 Å². The molecule has 0 atom stereocenters. The van der Waals surface area contributed by atoms with Crippen LogP contribution in [0.2, 0.25) is 5.02 Å². The minimum absolute atomic E-state index is 0.224. The molecular formula is C21H27ClN2O3S2. The SMILES string of the molecule is Cc1ccc(N(CC(=O)NCCCSCc2cccc(Cl)c2)S(C)(=O)=O)c(C)c1. The Labute approximate surface area is 182 Å². The lowest BCUT2D eigenvalue weighted by molar-refractivity contribution is -0.119. The number of amides is 1. The van der Waals surface area contributed by atoms with Gasteiger partial charge in [-0.1, -0.05) is 41.4 Å². The van der Waals surface area contributed by atoms with Crippen LogP contribution in [0.4, 0.5) is 5.69 Å². The molecule has 29 heavy (non-hydrogen) atoms. The summed E-state index contributed by atoms with van der Waals surface area (Å²) in [5.41, 5.74) is 3.56. The molecule has 2 rings (SSSR count). The Bertz CT molecular complexity index is 949. The number of hydrogen-bond donors (Lipinski definition) is 1. The largest absolute Gasteiger partial charge is 0.354 e. The van der Waals surface area contributed by atoms with Crippen molar-refractivity contribution in [2.75, 3.05) is 29.4 Å². The number of anilines is 1. The van der Waals surface area contributed by atoms with Crippen LogP contribution < -0.4 is 9.62 Å². The van der Waals surface area contributed by atoms with Crippen LogP contribution in [0, 0.1) is 13.8 Å². The van der Waals surface area contributed by atoms with E-state index in [1.807, 2.05) is 50.2 Å². The molecular weight excluding hydrogens is 428 g/mol. The minimum Gasteiger partial charge on any atom is -0.354 e. The third-order valence-corrected chi connectivity index (χ3v) is 6.73. The molecule has 2 aromatic carbocycles. The fourth-order valence-corrected chi connectivity index (χ4v) is 4.91. The molecule has 0 aliphatic heterocycles. The average molecular weight is 455 g/mol. The van der Waals surface area contributed by atoms with Crippen molar-refractivity contribution >= 4 is 45.0 Å². The highest BCUT2D eigenvalue weighted by molar-refractivity contribution is 7.98. The number of thioether (sulfide) groups is 1. The highest BCUT2D eigenvalue weighted by Gasteiger charge is 2.22. The van der Waals surface area contributed by atoms with Gasteiger partial charge in [0.25, 0.3) is 0 Å². The smallest absolute Gasteiger partial charge is 0.240 e. The summed E-state index contributed by atoms with van der Waals surface area (Å²) in [5.74, 6) is 1.44. The van der Waals surface area contributed by atoms with Crippen LogP contribution in [-0.4, -0.2) is 39.4 Å².